The molecule has 1 fully saturated rings. The summed E-state index contributed by atoms with van der Waals surface area (Å²) in [5, 5.41) is 2.96. The standard InChI is InChI=1S/C23H23N3O4/c1-29-21-6-3-2-5-18(21)24-23(28)25-12-15-11-16(14-25)19-9-8-17(20-7-4-10-30-20)22(27)26(19)13-15/h2-10,15-16H,11-14H2,1H3,(H,24,28)/t15-,16-/m1/s1. The first-order chi connectivity index (χ1) is 14.6. The molecule has 3 aromatic rings. The van der Waals surface area contributed by atoms with Crippen LogP contribution in [0.2, 0.25) is 0 Å². The number of nitrogens with zero attached hydrogens (tertiary/aromatic N) is 2. The average molecular weight is 405 g/mol. The first-order valence-corrected chi connectivity index (χ1v) is 10.1. The number of anilines is 1. The van der Waals surface area contributed by atoms with E-state index in [9.17, 15) is 9.59 Å². The molecule has 2 aliphatic heterocycles. The number of urea groups is 1. The van der Waals surface area contributed by atoms with Crippen molar-refractivity contribution in [2.24, 2.45) is 5.92 Å². The number of hydrogen-bond donors (Lipinski definition) is 1. The van der Waals surface area contributed by atoms with Gasteiger partial charge in [0.15, 0.2) is 0 Å². The van der Waals surface area contributed by atoms with E-state index in [1.54, 1.807) is 25.5 Å². The molecule has 1 saturated heterocycles. The van der Waals surface area contributed by atoms with Crippen molar-refractivity contribution < 1.29 is 13.9 Å². The van der Waals surface area contributed by atoms with Gasteiger partial charge in [0.1, 0.15) is 11.5 Å². The molecule has 7 nitrogen and oxygen atoms in total. The number of methoxy groups -OCH3 is 1. The highest BCUT2D eigenvalue weighted by molar-refractivity contribution is 5.91. The fourth-order valence-electron chi connectivity index (χ4n) is 4.67. The second-order valence-corrected chi connectivity index (χ2v) is 7.90. The Balaban J connectivity index is 1.39. The molecule has 2 bridgehead atoms. The SMILES string of the molecule is COc1ccccc1NC(=O)N1C[C@H]2C[C@H](C1)c1ccc(-c3ccco3)c(=O)n1C2. The Labute approximate surface area is 173 Å². The fourth-order valence-corrected chi connectivity index (χ4v) is 4.67. The monoisotopic (exact) mass is 405 g/mol. The second kappa shape index (κ2) is 7.40. The maximum absolute atomic E-state index is 13.1. The van der Waals surface area contributed by atoms with Crippen molar-refractivity contribution in [2.45, 2.75) is 18.9 Å². The lowest BCUT2D eigenvalue weighted by Gasteiger charge is -2.42. The zero-order valence-electron chi connectivity index (χ0n) is 16.7. The van der Waals surface area contributed by atoms with Gasteiger partial charge in [-0.15, -0.1) is 0 Å². The van der Waals surface area contributed by atoms with Crippen LogP contribution in [0.5, 0.6) is 5.75 Å². The quantitative estimate of drug-likeness (QED) is 0.720. The van der Waals surface area contributed by atoms with Gasteiger partial charge in [0, 0.05) is 31.2 Å². The molecular formula is C23H23N3O4. The Morgan fingerprint density at radius 2 is 1.97 bits per heavy atom. The van der Waals surface area contributed by atoms with Gasteiger partial charge in [-0.05, 0) is 48.7 Å². The molecule has 1 N–H and O–H groups in total. The summed E-state index contributed by atoms with van der Waals surface area (Å²) in [6.07, 6.45) is 2.56. The van der Waals surface area contributed by atoms with E-state index < -0.39 is 0 Å². The van der Waals surface area contributed by atoms with Gasteiger partial charge in [-0.1, -0.05) is 12.1 Å². The molecule has 7 heteroatoms. The third-order valence-corrected chi connectivity index (χ3v) is 6.03. The van der Waals surface area contributed by atoms with E-state index in [2.05, 4.69) is 5.32 Å². The van der Waals surface area contributed by atoms with Crippen LogP contribution in [-0.4, -0.2) is 35.7 Å². The van der Waals surface area contributed by atoms with Crippen molar-refractivity contribution in [3.63, 3.8) is 0 Å². The van der Waals surface area contributed by atoms with Gasteiger partial charge in [-0.3, -0.25) is 4.79 Å². The fraction of sp³-hybridized carbons (Fsp3) is 0.304. The van der Waals surface area contributed by atoms with Crippen molar-refractivity contribution in [2.75, 3.05) is 25.5 Å². The van der Waals surface area contributed by atoms with E-state index in [1.165, 1.54) is 0 Å². The Bertz CT molecular complexity index is 1140. The Kier molecular flexibility index (Phi) is 4.58. The average Bonchev–Trinajstić information content (AvgIpc) is 3.29. The van der Waals surface area contributed by atoms with Crippen LogP contribution in [0.4, 0.5) is 10.5 Å². The highest BCUT2D eigenvalue weighted by atomic mass is 16.5. The molecule has 0 radical (unpaired) electrons. The summed E-state index contributed by atoms with van der Waals surface area (Å²) in [5.74, 6) is 1.60. The molecule has 0 saturated carbocycles. The molecule has 154 valence electrons. The molecule has 30 heavy (non-hydrogen) atoms. The second-order valence-electron chi connectivity index (χ2n) is 7.90. The normalized spacial score (nSPS) is 19.8. The number of likely N-dealkylation sites (tertiary alicyclic amines) is 1. The minimum absolute atomic E-state index is 0.0240. The number of furan rings is 1. The largest absolute Gasteiger partial charge is 0.495 e. The van der Waals surface area contributed by atoms with Gasteiger partial charge in [-0.2, -0.15) is 0 Å². The molecule has 0 spiro atoms. The number of para-hydroxylation sites is 2. The predicted molar refractivity (Wildman–Crippen MR) is 113 cm³/mol. The number of ether oxygens (including phenoxy) is 1. The Morgan fingerprint density at radius 3 is 2.77 bits per heavy atom. The highest BCUT2D eigenvalue weighted by Gasteiger charge is 2.37. The number of pyridine rings is 1. The van der Waals surface area contributed by atoms with Crippen molar-refractivity contribution in [1.82, 2.24) is 9.47 Å². The number of fused-ring (bicyclic) bond motifs is 4. The maximum atomic E-state index is 13.1. The third kappa shape index (κ3) is 3.16. The van der Waals surface area contributed by atoms with Crippen LogP contribution in [0.1, 0.15) is 18.0 Å². The molecule has 0 unspecified atom stereocenters. The molecule has 2 atom stereocenters. The van der Waals surface area contributed by atoms with E-state index in [0.29, 0.717) is 42.4 Å². The van der Waals surface area contributed by atoms with E-state index in [1.807, 2.05) is 45.9 Å². The van der Waals surface area contributed by atoms with Gasteiger partial charge in [-0.25, -0.2) is 4.79 Å². The zero-order chi connectivity index (χ0) is 20.7. The summed E-state index contributed by atoms with van der Waals surface area (Å²) in [6.45, 7) is 1.81. The number of aromatic nitrogens is 1. The van der Waals surface area contributed by atoms with Crippen molar-refractivity contribution in [1.29, 1.82) is 0 Å². The number of amides is 2. The van der Waals surface area contributed by atoms with E-state index in [-0.39, 0.29) is 23.4 Å². The summed E-state index contributed by atoms with van der Waals surface area (Å²) in [4.78, 5) is 27.8. The van der Waals surface area contributed by atoms with Gasteiger partial charge >= 0.3 is 6.03 Å². The summed E-state index contributed by atoms with van der Waals surface area (Å²) in [7, 11) is 1.59. The van der Waals surface area contributed by atoms with Crippen LogP contribution in [0, 0.1) is 5.92 Å². The minimum atomic E-state index is -0.141. The molecule has 4 heterocycles. The van der Waals surface area contributed by atoms with Crippen LogP contribution in [-0.2, 0) is 6.54 Å². The molecular weight excluding hydrogens is 382 g/mol. The predicted octanol–water partition coefficient (Wildman–Crippen LogP) is 3.77. The number of benzene rings is 1. The maximum Gasteiger partial charge on any atom is 0.321 e. The number of piperidine rings is 1. The van der Waals surface area contributed by atoms with Gasteiger partial charge in [0.25, 0.3) is 5.56 Å². The van der Waals surface area contributed by atoms with Crippen LogP contribution < -0.4 is 15.6 Å². The Morgan fingerprint density at radius 1 is 1.10 bits per heavy atom. The molecule has 1 aromatic carbocycles. The van der Waals surface area contributed by atoms with Gasteiger partial charge < -0.3 is 23.9 Å². The van der Waals surface area contributed by atoms with Crippen molar-refractivity contribution in [3.05, 3.63) is 70.8 Å². The number of rotatable bonds is 3. The van der Waals surface area contributed by atoms with Crippen LogP contribution in [0.25, 0.3) is 11.3 Å². The van der Waals surface area contributed by atoms with Gasteiger partial charge in [0.2, 0.25) is 0 Å². The number of hydrogen-bond acceptors (Lipinski definition) is 4. The first kappa shape index (κ1) is 18.5. The summed E-state index contributed by atoms with van der Waals surface area (Å²) < 4.78 is 12.6. The van der Waals surface area contributed by atoms with E-state index >= 15 is 0 Å². The lowest BCUT2D eigenvalue weighted by atomic mass is 9.83. The van der Waals surface area contributed by atoms with Crippen LogP contribution in [0.15, 0.2) is 64.0 Å². The van der Waals surface area contributed by atoms with Crippen LogP contribution in [0.3, 0.4) is 0 Å². The van der Waals surface area contributed by atoms with Crippen molar-refractivity contribution >= 4 is 11.7 Å². The third-order valence-electron chi connectivity index (χ3n) is 6.03. The molecule has 2 aliphatic rings. The molecule has 5 rings (SSSR count). The molecule has 2 aromatic heterocycles. The number of carbonyl (C=O) groups is 1. The van der Waals surface area contributed by atoms with Gasteiger partial charge in [0.05, 0.1) is 24.6 Å². The number of carbonyl (C=O) groups excluding carboxylic acids is 1. The zero-order valence-corrected chi connectivity index (χ0v) is 16.7. The lowest BCUT2D eigenvalue weighted by Crippen LogP contribution is -2.50. The summed E-state index contributed by atoms with van der Waals surface area (Å²) >= 11 is 0. The summed E-state index contributed by atoms with van der Waals surface area (Å²) in [6, 6.07) is 14.7. The van der Waals surface area contributed by atoms with Crippen molar-refractivity contribution in [3.8, 4) is 17.1 Å². The first-order valence-electron chi connectivity index (χ1n) is 10.1. The summed E-state index contributed by atoms with van der Waals surface area (Å²) in [5.41, 5.74) is 2.19. The minimum Gasteiger partial charge on any atom is -0.495 e. The highest BCUT2D eigenvalue weighted by Crippen LogP contribution is 2.36. The lowest BCUT2D eigenvalue weighted by molar-refractivity contribution is 0.139. The van der Waals surface area contributed by atoms with E-state index in [4.69, 9.17) is 9.15 Å². The topological polar surface area (TPSA) is 76.7 Å². The smallest absolute Gasteiger partial charge is 0.321 e. The number of nitrogens with one attached hydrogen (secondary N) is 1. The molecule has 0 aliphatic carbocycles. The Hall–Kier alpha value is -3.48. The molecule has 2 amide bonds. The van der Waals surface area contributed by atoms with Crippen LogP contribution >= 0.6 is 0 Å². The van der Waals surface area contributed by atoms with E-state index in [0.717, 1.165) is 12.1 Å².